The Balaban J connectivity index is 2.03. The summed E-state index contributed by atoms with van der Waals surface area (Å²) in [5.74, 6) is 1.34. The number of rotatable bonds is 1. The van der Waals surface area contributed by atoms with E-state index in [2.05, 4.69) is 15.3 Å². The van der Waals surface area contributed by atoms with Gasteiger partial charge in [0, 0.05) is 24.6 Å². The van der Waals surface area contributed by atoms with Crippen LogP contribution in [0, 0.1) is 0 Å². The molecule has 0 amide bonds. The third-order valence-electron chi connectivity index (χ3n) is 2.84. The van der Waals surface area contributed by atoms with Crippen molar-refractivity contribution in [3.05, 3.63) is 18.0 Å². The molecule has 9 heteroatoms. The van der Waals surface area contributed by atoms with Crippen molar-refractivity contribution in [2.24, 2.45) is 0 Å². The zero-order valence-electron chi connectivity index (χ0n) is 9.76. The number of hydrogen-bond acceptors (Lipinski definition) is 5. The maximum absolute atomic E-state index is 12.7. The summed E-state index contributed by atoms with van der Waals surface area (Å²) in [5, 5.41) is 10.6. The smallest absolute Gasteiger partial charge is 0.354 e. The lowest BCUT2D eigenvalue weighted by molar-refractivity contribution is -0.146. The molecule has 1 saturated heterocycles. The number of nitrogens with zero attached hydrogens (tertiary/aromatic N) is 5. The number of aromatic nitrogens is 4. The molecule has 0 aliphatic carbocycles. The van der Waals surface area contributed by atoms with Gasteiger partial charge in [0.2, 0.25) is 0 Å². The topological polar surface area (TPSA) is 46.3 Å². The third kappa shape index (κ3) is 2.34. The van der Waals surface area contributed by atoms with Gasteiger partial charge in [0.1, 0.15) is 5.82 Å². The van der Waals surface area contributed by atoms with Crippen LogP contribution < -0.4 is 4.90 Å². The number of alkyl halides is 3. The minimum absolute atomic E-state index is 0.0995. The number of thioether (sulfide) groups is 1. The Hall–Kier alpha value is -1.51. The highest BCUT2D eigenvalue weighted by Gasteiger charge is 2.37. The summed E-state index contributed by atoms with van der Waals surface area (Å²) in [5.41, 5.74) is 0.0995. The van der Waals surface area contributed by atoms with Gasteiger partial charge in [-0.2, -0.15) is 29.4 Å². The van der Waals surface area contributed by atoms with Gasteiger partial charge in [-0.1, -0.05) is 0 Å². The van der Waals surface area contributed by atoms with E-state index in [9.17, 15) is 13.2 Å². The quantitative estimate of drug-likeness (QED) is 0.799. The zero-order valence-corrected chi connectivity index (χ0v) is 10.6. The Bertz CT molecular complexity index is 590. The molecule has 102 valence electrons. The van der Waals surface area contributed by atoms with Crippen molar-refractivity contribution in [2.45, 2.75) is 6.18 Å². The summed E-state index contributed by atoms with van der Waals surface area (Å²) in [6.07, 6.45) is -4.55. The lowest BCUT2D eigenvalue weighted by Crippen LogP contribution is -2.33. The van der Waals surface area contributed by atoms with Crippen molar-refractivity contribution in [3.63, 3.8) is 0 Å². The van der Waals surface area contributed by atoms with Gasteiger partial charge in [0.05, 0.1) is 0 Å². The first-order chi connectivity index (χ1) is 9.05. The van der Waals surface area contributed by atoms with Crippen LogP contribution in [0.3, 0.4) is 0 Å². The van der Waals surface area contributed by atoms with Gasteiger partial charge in [-0.25, -0.2) is 0 Å². The molecule has 3 heterocycles. The average molecular weight is 289 g/mol. The minimum atomic E-state index is -4.55. The van der Waals surface area contributed by atoms with E-state index in [4.69, 9.17) is 0 Å². The monoisotopic (exact) mass is 289 g/mol. The van der Waals surface area contributed by atoms with E-state index in [1.807, 2.05) is 16.7 Å². The Kier molecular flexibility index (Phi) is 3.00. The highest BCUT2D eigenvalue weighted by atomic mass is 32.2. The highest BCUT2D eigenvalue weighted by Crippen LogP contribution is 2.28. The lowest BCUT2D eigenvalue weighted by Gasteiger charge is -2.27. The molecule has 2 aromatic heterocycles. The van der Waals surface area contributed by atoms with Gasteiger partial charge in [0.25, 0.3) is 5.82 Å². The molecule has 0 N–H and O–H groups in total. The molecular formula is C10H10F3N5S. The summed E-state index contributed by atoms with van der Waals surface area (Å²) >= 11 is 1.83. The molecule has 0 atom stereocenters. The second-order valence-corrected chi connectivity index (χ2v) is 5.31. The van der Waals surface area contributed by atoms with E-state index in [1.54, 1.807) is 6.07 Å². The Morgan fingerprint density at radius 1 is 1.11 bits per heavy atom. The summed E-state index contributed by atoms with van der Waals surface area (Å²) in [7, 11) is 0. The summed E-state index contributed by atoms with van der Waals surface area (Å²) in [6, 6.07) is 3.19. The predicted molar refractivity (Wildman–Crippen MR) is 65.3 cm³/mol. The van der Waals surface area contributed by atoms with Crippen molar-refractivity contribution >= 4 is 23.2 Å². The van der Waals surface area contributed by atoms with Crippen LogP contribution in [0.1, 0.15) is 5.82 Å². The number of halogens is 3. The molecule has 0 radical (unpaired) electrons. The fourth-order valence-electron chi connectivity index (χ4n) is 1.92. The molecule has 1 fully saturated rings. The molecule has 0 unspecified atom stereocenters. The van der Waals surface area contributed by atoms with E-state index in [0.717, 1.165) is 29.1 Å². The standard InChI is InChI=1S/C10H10F3N5S/c11-10(12,13)9-15-14-7-1-2-8(16-18(7)9)17-3-5-19-6-4-17/h1-2H,3-6H2. The van der Waals surface area contributed by atoms with E-state index >= 15 is 0 Å². The van der Waals surface area contributed by atoms with Crippen molar-refractivity contribution in [3.8, 4) is 0 Å². The van der Waals surface area contributed by atoms with Crippen molar-refractivity contribution < 1.29 is 13.2 Å². The third-order valence-corrected chi connectivity index (χ3v) is 3.78. The molecule has 0 bridgehead atoms. The fraction of sp³-hybridized carbons (Fsp3) is 0.500. The molecule has 19 heavy (non-hydrogen) atoms. The number of fused-ring (bicyclic) bond motifs is 1. The molecule has 0 saturated carbocycles. The van der Waals surface area contributed by atoms with Gasteiger partial charge in [-0.05, 0) is 12.1 Å². The SMILES string of the molecule is FC(F)(F)c1nnc2ccc(N3CCSCC3)nn12. The first-order valence-electron chi connectivity index (χ1n) is 5.68. The number of anilines is 1. The van der Waals surface area contributed by atoms with Crippen molar-refractivity contribution in [2.75, 3.05) is 29.5 Å². The molecule has 0 aromatic carbocycles. The molecule has 5 nitrogen and oxygen atoms in total. The molecule has 3 rings (SSSR count). The van der Waals surface area contributed by atoms with Crippen molar-refractivity contribution in [1.29, 1.82) is 0 Å². The maximum Gasteiger partial charge on any atom is 0.453 e. The molecule has 1 aliphatic heterocycles. The van der Waals surface area contributed by atoms with Crippen LogP contribution in [-0.4, -0.2) is 44.4 Å². The Morgan fingerprint density at radius 2 is 1.84 bits per heavy atom. The maximum atomic E-state index is 12.7. The van der Waals surface area contributed by atoms with Crippen LogP contribution in [0.25, 0.3) is 5.65 Å². The molecule has 1 aliphatic rings. The van der Waals surface area contributed by atoms with Crippen molar-refractivity contribution in [1.82, 2.24) is 19.8 Å². The fourth-order valence-corrected chi connectivity index (χ4v) is 2.82. The number of hydrogen-bond donors (Lipinski definition) is 0. The summed E-state index contributed by atoms with van der Waals surface area (Å²) in [6.45, 7) is 1.57. The minimum Gasteiger partial charge on any atom is -0.354 e. The van der Waals surface area contributed by atoms with Crippen LogP contribution in [0.2, 0.25) is 0 Å². The van der Waals surface area contributed by atoms with Crippen LogP contribution in [-0.2, 0) is 6.18 Å². The normalized spacial score (nSPS) is 17.1. The van der Waals surface area contributed by atoms with Gasteiger partial charge >= 0.3 is 6.18 Å². The van der Waals surface area contributed by atoms with E-state index < -0.39 is 12.0 Å². The zero-order chi connectivity index (χ0) is 13.5. The molecular weight excluding hydrogens is 279 g/mol. The second kappa shape index (κ2) is 4.55. The van der Waals surface area contributed by atoms with E-state index in [-0.39, 0.29) is 5.65 Å². The second-order valence-electron chi connectivity index (χ2n) is 4.08. The Morgan fingerprint density at radius 3 is 2.53 bits per heavy atom. The van der Waals surface area contributed by atoms with Gasteiger partial charge in [0.15, 0.2) is 5.65 Å². The summed E-state index contributed by atoms with van der Waals surface area (Å²) in [4.78, 5) is 1.97. The lowest BCUT2D eigenvalue weighted by atomic mass is 10.4. The van der Waals surface area contributed by atoms with Crippen LogP contribution >= 0.6 is 11.8 Å². The van der Waals surface area contributed by atoms with Gasteiger partial charge in [-0.3, -0.25) is 0 Å². The van der Waals surface area contributed by atoms with Crippen LogP contribution in [0.15, 0.2) is 12.1 Å². The largest absolute Gasteiger partial charge is 0.453 e. The predicted octanol–water partition coefficient (Wildman–Crippen LogP) is 1.70. The van der Waals surface area contributed by atoms with Gasteiger partial charge < -0.3 is 4.90 Å². The molecule has 2 aromatic rings. The molecule has 0 spiro atoms. The van der Waals surface area contributed by atoms with Gasteiger partial charge in [-0.15, -0.1) is 15.3 Å². The first kappa shape index (κ1) is 12.5. The van der Waals surface area contributed by atoms with Crippen LogP contribution in [0.4, 0.5) is 19.0 Å². The Labute approximate surface area is 110 Å². The first-order valence-corrected chi connectivity index (χ1v) is 6.83. The van der Waals surface area contributed by atoms with E-state index in [1.165, 1.54) is 6.07 Å². The summed E-state index contributed by atoms with van der Waals surface area (Å²) < 4.78 is 39.0. The van der Waals surface area contributed by atoms with E-state index in [0.29, 0.717) is 5.82 Å². The average Bonchev–Trinajstić information content (AvgIpc) is 2.82. The van der Waals surface area contributed by atoms with Crippen LogP contribution in [0.5, 0.6) is 0 Å². The highest BCUT2D eigenvalue weighted by molar-refractivity contribution is 7.99.